The molecule has 1 atom stereocenters. The Bertz CT molecular complexity index is 586. The topological polar surface area (TPSA) is 61.8 Å². The standard InChI is InChI=1S/C19H35N3O2S.HI/c1-16(2)12-20-18(21-13-17-6-11-25(23,24)14-17)22-10-9-19(15-22)7-4-3-5-8-19;/h16-17H,3-15H2,1-2H3,(H,20,21);1H. The van der Waals surface area contributed by atoms with Crippen molar-refractivity contribution in [2.75, 3.05) is 37.7 Å². The first kappa shape index (κ1) is 22.2. The largest absolute Gasteiger partial charge is 0.356 e. The fourth-order valence-electron chi connectivity index (χ4n) is 4.63. The van der Waals surface area contributed by atoms with Crippen molar-refractivity contribution in [1.29, 1.82) is 0 Å². The summed E-state index contributed by atoms with van der Waals surface area (Å²) in [5.74, 6) is 2.47. The smallest absolute Gasteiger partial charge is 0.193 e. The van der Waals surface area contributed by atoms with Crippen LogP contribution in [0.1, 0.15) is 58.8 Å². The van der Waals surface area contributed by atoms with Crippen LogP contribution in [0, 0.1) is 17.3 Å². The van der Waals surface area contributed by atoms with Crippen LogP contribution in [0.15, 0.2) is 4.99 Å². The Hall–Kier alpha value is -0.0500. The lowest BCUT2D eigenvalue weighted by molar-refractivity contribution is 0.203. The first-order chi connectivity index (χ1) is 11.9. The predicted molar refractivity (Wildman–Crippen MR) is 119 cm³/mol. The summed E-state index contributed by atoms with van der Waals surface area (Å²) in [6, 6.07) is 0. The molecule has 2 aliphatic heterocycles. The number of hydrogen-bond donors (Lipinski definition) is 1. The normalized spacial score (nSPS) is 27.7. The fraction of sp³-hybridized carbons (Fsp3) is 0.947. The Morgan fingerprint density at radius 1 is 1.23 bits per heavy atom. The molecule has 5 nitrogen and oxygen atoms in total. The molecule has 0 aromatic carbocycles. The molecular weight excluding hydrogens is 461 g/mol. The lowest BCUT2D eigenvalue weighted by Crippen LogP contribution is -2.43. The predicted octanol–water partition coefficient (Wildman–Crippen LogP) is 3.30. The van der Waals surface area contributed by atoms with E-state index in [-0.39, 0.29) is 29.9 Å². The average Bonchev–Trinajstić information content (AvgIpc) is 3.11. The van der Waals surface area contributed by atoms with E-state index in [1.807, 2.05) is 0 Å². The van der Waals surface area contributed by atoms with Crippen molar-refractivity contribution in [3.8, 4) is 0 Å². The summed E-state index contributed by atoms with van der Waals surface area (Å²) >= 11 is 0. The van der Waals surface area contributed by atoms with Crippen molar-refractivity contribution in [2.24, 2.45) is 22.2 Å². The average molecular weight is 497 g/mol. The minimum atomic E-state index is -2.80. The quantitative estimate of drug-likeness (QED) is 0.368. The lowest BCUT2D eigenvalue weighted by atomic mass is 9.73. The minimum absolute atomic E-state index is 0. The second-order valence-electron chi connectivity index (χ2n) is 8.94. The third kappa shape index (κ3) is 5.97. The Kier molecular flexibility index (Phi) is 8.07. The number of hydrogen-bond acceptors (Lipinski definition) is 3. The Morgan fingerprint density at radius 3 is 2.58 bits per heavy atom. The molecule has 152 valence electrons. The fourth-order valence-corrected chi connectivity index (χ4v) is 6.49. The molecule has 3 aliphatic rings. The zero-order valence-electron chi connectivity index (χ0n) is 16.4. The van der Waals surface area contributed by atoms with Crippen molar-refractivity contribution in [1.82, 2.24) is 10.2 Å². The van der Waals surface area contributed by atoms with Crippen LogP contribution in [0.5, 0.6) is 0 Å². The van der Waals surface area contributed by atoms with Gasteiger partial charge in [0.2, 0.25) is 0 Å². The van der Waals surface area contributed by atoms with Gasteiger partial charge in [-0.3, -0.25) is 4.99 Å². The number of sulfone groups is 1. The highest BCUT2D eigenvalue weighted by Crippen LogP contribution is 2.43. The van der Waals surface area contributed by atoms with Gasteiger partial charge in [-0.25, -0.2) is 8.42 Å². The molecular formula is C19H36IN3O2S. The van der Waals surface area contributed by atoms with Gasteiger partial charge in [-0.05, 0) is 42.9 Å². The zero-order valence-corrected chi connectivity index (χ0v) is 19.5. The maximum Gasteiger partial charge on any atom is 0.193 e. The number of rotatable bonds is 4. The van der Waals surface area contributed by atoms with E-state index >= 15 is 0 Å². The van der Waals surface area contributed by atoms with Crippen LogP contribution in [0.3, 0.4) is 0 Å². The molecule has 2 heterocycles. The van der Waals surface area contributed by atoms with Gasteiger partial charge in [-0.15, -0.1) is 24.0 Å². The molecule has 0 aromatic heterocycles. The van der Waals surface area contributed by atoms with E-state index in [1.54, 1.807) is 0 Å². The molecule has 1 aliphatic carbocycles. The first-order valence-electron chi connectivity index (χ1n) is 10.1. The third-order valence-corrected chi connectivity index (χ3v) is 7.97. The maximum atomic E-state index is 11.7. The van der Waals surface area contributed by atoms with E-state index in [4.69, 9.17) is 4.99 Å². The number of nitrogens with one attached hydrogen (secondary N) is 1. The van der Waals surface area contributed by atoms with Crippen LogP contribution in [-0.4, -0.2) is 57.0 Å². The monoisotopic (exact) mass is 497 g/mol. The number of nitrogens with zero attached hydrogens (tertiary/aromatic N) is 2. The summed E-state index contributed by atoms with van der Waals surface area (Å²) in [5, 5.41) is 3.53. The van der Waals surface area contributed by atoms with Crippen LogP contribution in [0.2, 0.25) is 0 Å². The Labute approximate surface area is 176 Å². The van der Waals surface area contributed by atoms with Crippen molar-refractivity contribution in [3.63, 3.8) is 0 Å². The molecule has 0 bridgehead atoms. The molecule has 0 aromatic rings. The highest BCUT2D eigenvalue weighted by atomic mass is 127. The maximum absolute atomic E-state index is 11.7. The van der Waals surface area contributed by atoms with E-state index in [9.17, 15) is 8.42 Å². The van der Waals surface area contributed by atoms with E-state index in [1.165, 1.54) is 38.5 Å². The van der Waals surface area contributed by atoms with Gasteiger partial charge in [0, 0.05) is 26.2 Å². The van der Waals surface area contributed by atoms with E-state index in [0.29, 0.717) is 22.8 Å². The van der Waals surface area contributed by atoms with Gasteiger partial charge >= 0.3 is 0 Å². The molecule has 1 saturated carbocycles. The molecule has 0 amide bonds. The second-order valence-corrected chi connectivity index (χ2v) is 11.2. The van der Waals surface area contributed by atoms with Crippen LogP contribution >= 0.6 is 24.0 Å². The number of halogens is 1. The van der Waals surface area contributed by atoms with Gasteiger partial charge < -0.3 is 10.2 Å². The molecule has 26 heavy (non-hydrogen) atoms. The highest BCUT2D eigenvalue weighted by molar-refractivity contribution is 14.0. The number of likely N-dealkylation sites (tertiary alicyclic amines) is 1. The van der Waals surface area contributed by atoms with Gasteiger partial charge in [0.05, 0.1) is 11.5 Å². The van der Waals surface area contributed by atoms with Crippen LogP contribution < -0.4 is 5.32 Å². The van der Waals surface area contributed by atoms with Crippen LogP contribution in [0.4, 0.5) is 0 Å². The molecule has 3 fully saturated rings. The molecule has 2 saturated heterocycles. The van der Waals surface area contributed by atoms with E-state index in [2.05, 4.69) is 24.1 Å². The van der Waals surface area contributed by atoms with Gasteiger partial charge in [-0.1, -0.05) is 33.1 Å². The molecule has 3 rings (SSSR count). The molecule has 7 heteroatoms. The minimum Gasteiger partial charge on any atom is -0.356 e. The Balaban J connectivity index is 0.00000243. The van der Waals surface area contributed by atoms with Crippen LogP contribution in [0.25, 0.3) is 0 Å². The molecule has 1 spiro atoms. The SMILES string of the molecule is CC(C)CN=C(NCC1CCS(=O)(=O)C1)N1CCC2(CCCCC2)C1.I. The van der Waals surface area contributed by atoms with Gasteiger partial charge in [-0.2, -0.15) is 0 Å². The summed E-state index contributed by atoms with van der Waals surface area (Å²) in [7, 11) is -2.80. The summed E-state index contributed by atoms with van der Waals surface area (Å²) in [4.78, 5) is 7.30. The van der Waals surface area contributed by atoms with E-state index < -0.39 is 9.84 Å². The van der Waals surface area contributed by atoms with Crippen LogP contribution in [-0.2, 0) is 9.84 Å². The van der Waals surface area contributed by atoms with Crippen molar-refractivity contribution >= 4 is 39.8 Å². The third-order valence-electron chi connectivity index (χ3n) is 6.13. The Morgan fingerprint density at radius 2 is 1.96 bits per heavy atom. The molecule has 1 unspecified atom stereocenters. The van der Waals surface area contributed by atoms with Crippen molar-refractivity contribution < 1.29 is 8.42 Å². The highest BCUT2D eigenvalue weighted by Gasteiger charge is 2.40. The number of guanidine groups is 1. The lowest BCUT2D eigenvalue weighted by Gasteiger charge is -2.34. The second kappa shape index (κ2) is 9.43. The van der Waals surface area contributed by atoms with Gasteiger partial charge in [0.1, 0.15) is 0 Å². The van der Waals surface area contributed by atoms with Gasteiger partial charge in [0.25, 0.3) is 0 Å². The summed E-state index contributed by atoms with van der Waals surface area (Å²) < 4.78 is 23.4. The van der Waals surface area contributed by atoms with Crippen molar-refractivity contribution in [2.45, 2.75) is 58.8 Å². The zero-order chi connectivity index (χ0) is 17.9. The summed E-state index contributed by atoms with van der Waals surface area (Å²) in [5.41, 5.74) is 0.509. The van der Waals surface area contributed by atoms with Gasteiger partial charge in [0.15, 0.2) is 15.8 Å². The van der Waals surface area contributed by atoms with E-state index in [0.717, 1.165) is 38.6 Å². The summed E-state index contributed by atoms with van der Waals surface area (Å²) in [6.07, 6.45) is 8.94. The first-order valence-corrected chi connectivity index (χ1v) is 11.9. The summed E-state index contributed by atoms with van der Waals surface area (Å²) in [6.45, 7) is 8.16. The molecule has 0 radical (unpaired) electrons. The number of aliphatic imine (C=N–C) groups is 1. The van der Waals surface area contributed by atoms with Crippen molar-refractivity contribution in [3.05, 3.63) is 0 Å². The molecule has 1 N–H and O–H groups in total.